The van der Waals surface area contributed by atoms with E-state index in [0.717, 1.165) is 18.8 Å². The number of nitrogens with one attached hydrogen (secondary N) is 2. The molecule has 1 amide bonds. The molecule has 4 rings (SSSR count). The molecule has 0 bridgehead atoms. The molecule has 0 saturated carbocycles. The van der Waals surface area contributed by atoms with Gasteiger partial charge in [0.1, 0.15) is 5.82 Å². The molecule has 2 N–H and O–H groups in total. The van der Waals surface area contributed by atoms with Crippen LogP contribution in [0.1, 0.15) is 16.2 Å². The van der Waals surface area contributed by atoms with Crippen LogP contribution in [0.2, 0.25) is 0 Å². The van der Waals surface area contributed by atoms with Gasteiger partial charge in [-0.1, -0.05) is 24.3 Å². The smallest absolute Gasteiger partial charge is 0.258 e. The van der Waals surface area contributed by atoms with E-state index in [9.17, 15) is 9.59 Å². The van der Waals surface area contributed by atoms with Crippen molar-refractivity contribution in [3.05, 3.63) is 70.3 Å². The molecule has 138 valence electrons. The Hall–Kier alpha value is -3.19. The van der Waals surface area contributed by atoms with Crippen molar-refractivity contribution >= 4 is 22.5 Å². The third-order valence-electron chi connectivity index (χ3n) is 4.58. The Morgan fingerprint density at radius 1 is 1.11 bits per heavy atom. The molecule has 0 aliphatic carbocycles. The average Bonchev–Trinajstić information content (AvgIpc) is 2.73. The molecule has 0 radical (unpaired) electrons. The molecule has 3 aromatic rings. The summed E-state index contributed by atoms with van der Waals surface area (Å²) in [4.78, 5) is 34.2. The number of hydrogen-bond acceptors (Lipinski definition) is 5. The molecule has 1 aliphatic heterocycles. The summed E-state index contributed by atoms with van der Waals surface area (Å²) in [6, 6.07) is 14.6. The maximum atomic E-state index is 12.7. The van der Waals surface area contributed by atoms with Crippen molar-refractivity contribution in [2.75, 3.05) is 31.2 Å². The summed E-state index contributed by atoms with van der Waals surface area (Å²) in [5.41, 5.74) is 1.89. The van der Waals surface area contributed by atoms with Crippen molar-refractivity contribution in [2.24, 2.45) is 0 Å². The number of morpholine rings is 1. The maximum absolute atomic E-state index is 12.7. The fourth-order valence-electron chi connectivity index (χ4n) is 3.22. The van der Waals surface area contributed by atoms with Crippen molar-refractivity contribution in [1.29, 1.82) is 0 Å². The van der Waals surface area contributed by atoms with Gasteiger partial charge in [-0.3, -0.25) is 9.59 Å². The number of amides is 1. The van der Waals surface area contributed by atoms with Gasteiger partial charge in [0.05, 0.1) is 36.2 Å². The number of aromatic nitrogens is 2. The van der Waals surface area contributed by atoms with E-state index in [1.54, 1.807) is 24.3 Å². The second kappa shape index (κ2) is 7.59. The summed E-state index contributed by atoms with van der Waals surface area (Å²) in [6.07, 6.45) is 0. The molecular formula is C20H20N4O3. The zero-order valence-corrected chi connectivity index (χ0v) is 14.8. The molecule has 7 nitrogen and oxygen atoms in total. The molecule has 1 saturated heterocycles. The minimum Gasteiger partial charge on any atom is -0.378 e. The number of carbonyl (C=O) groups is 1. The molecular weight excluding hydrogens is 344 g/mol. The Morgan fingerprint density at radius 3 is 2.70 bits per heavy atom. The Balaban J connectivity index is 1.53. The lowest BCUT2D eigenvalue weighted by molar-refractivity contribution is 0.0948. The van der Waals surface area contributed by atoms with Crippen LogP contribution in [0.15, 0.2) is 53.3 Å². The van der Waals surface area contributed by atoms with Gasteiger partial charge in [-0.25, -0.2) is 4.98 Å². The van der Waals surface area contributed by atoms with E-state index in [1.165, 1.54) is 0 Å². The summed E-state index contributed by atoms with van der Waals surface area (Å²) in [5, 5.41) is 3.39. The van der Waals surface area contributed by atoms with Crippen LogP contribution in [-0.2, 0) is 11.3 Å². The van der Waals surface area contributed by atoms with Crippen LogP contribution in [0.4, 0.5) is 5.69 Å². The Bertz CT molecular complexity index is 1020. The number of benzene rings is 2. The molecule has 0 spiro atoms. The van der Waals surface area contributed by atoms with E-state index in [4.69, 9.17) is 4.74 Å². The molecule has 1 aromatic heterocycles. The zero-order chi connectivity index (χ0) is 18.6. The number of aromatic amines is 1. The van der Waals surface area contributed by atoms with Crippen LogP contribution < -0.4 is 15.8 Å². The van der Waals surface area contributed by atoms with Crippen LogP contribution >= 0.6 is 0 Å². The fourth-order valence-corrected chi connectivity index (χ4v) is 3.22. The Kier molecular flexibility index (Phi) is 4.84. The van der Waals surface area contributed by atoms with E-state index in [0.29, 0.717) is 35.5 Å². The molecule has 2 aromatic carbocycles. The van der Waals surface area contributed by atoms with Gasteiger partial charge < -0.3 is 19.9 Å². The van der Waals surface area contributed by atoms with Gasteiger partial charge >= 0.3 is 0 Å². The van der Waals surface area contributed by atoms with Crippen LogP contribution in [0.25, 0.3) is 10.9 Å². The number of carbonyl (C=O) groups excluding carboxylic acids is 1. The second-order valence-electron chi connectivity index (χ2n) is 6.33. The highest BCUT2D eigenvalue weighted by Crippen LogP contribution is 2.21. The molecule has 7 heteroatoms. The summed E-state index contributed by atoms with van der Waals surface area (Å²) in [6.45, 7) is 2.96. The Labute approximate surface area is 156 Å². The number of para-hydroxylation sites is 2. The van der Waals surface area contributed by atoms with Crippen molar-refractivity contribution in [3.8, 4) is 0 Å². The molecule has 1 aliphatic rings. The maximum Gasteiger partial charge on any atom is 0.258 e. The predicted octanol–water partition coefficient (Wildman–Crippen LogP) is 1.69. The van der Waals surface area contributed by atoms with E-state index in [2.05, 4.69) is 20.2 Å². The highest BCUT2D eigenvalue weighted by atomic mass is 16.5. The predicted molar refractivity (Wildman–Crippen MR) is 103 cm³/mol. The Morgan fingerprint density at radius 2 is 1.85 bits per heavy atom. The van der Waals surface area contributed by atoms with Crippen molar-refractivity contribution in [3.63, 3.8) is 0 Å². The van der Waals surface area contributed by atoms with E-state index in [1.807, 2.05) is 24.3 Å². The minimum absolute atomic E-state index is 0.149. The average molecular weight is 364 g/mol. The first kappa shape index (κ1) is 17.2. The molecule has 1 fully saturated rings. The zero-order valence-electron chi connectivity index (χ0n) is 14.8. The first-order valence-corrected chi connectivity index (χ1v) is 8.90. The number of ether oxygens (including phenoxy) is 1. The number of H-pyrrole nitrogens is 1. The van der Waals surface area contributed by atoms with Gasteiger partial charge in [-0.15, -0.1) is 0 Å². The van der Waals surface area contributed by atoms with Gasteiger partial charge in [0.15, 0.2) is 0 Å². The molecule has 27 heavy (non-hydrogen) atoms. The van der Waals surface area contributed by atoms with Gasteiger partial charge in [-0.05, 0) is 24.3 Å². The largest absolute Gasteiger partial charge is 0.378 e. The standard InChI is InChI=1S/C20H20N4O3/c25-19(15-6-2-4-8-17(15)24-9-11-27-12-10-24)21-13-18-22-16-7-3-1-5-14(16)20(26)23-18/h1-8H,9-13H2,(H,21,25)(H,22,23,26). The number of nitrogens with zero attached hydrogens (tertiary/aromatic N) is 2. The van der Waals surface area contributed by atoms with E-state index >= 15 is 0 Å². The van der Waals surface area contributed by atoms with Gasteiger partial charge in [0.25, 0.3) is 11.5 Å². The lowest BCUT2D eigenvalue weighted by Gasteiger charge is -2.30. The highest BCUT2D eigenvalue weighted by Gasteiger charge is 2.18. The quantitative estimate of drug-likeness (QED) is 0.736. The molecule has 0 atom stereocenters. The lowest BCUT2D eigenvalue weighted by atomic mass is 10.1. The number of fused-ring (bicyclic) bond motifs is 1. The number of hydrogen-bond donors (Lipinski definition) is 2. The van der Waals surface area contributed by atoms with Gasteiger partial charge in [0, 0.05) is 18.8 Å². The first-order valence-electron chi connectivity index (χ1n) is 8.90. The summed E-state index contributed by atoms with van der Waals surface area (Å²) in [5.74, 6) is 0.226. The van der Waals surface area contributed by atoms with Crippen molar-refractivity contribution in [2.45, 2.75) is 6.54 Å². The van der Waals surface area contributed by atoms with Crippen molar-refractivity contribution in [1.82, 2.24) is 15.3 Å². The second-order valence-corrected chi connectivity index (χ2v) is 6.33. The normalized spacial score (nSPS) is 14.3. The third-order valence-corrected chi connectivity index (χ3v) is 4.58. The lowest BCUT2D eigenvalue weighted by Crippen LogP contribution is -2.38. The van der Waals surface area contributed by atoms with E-state index in [-0.39, 0.29) is 18.0 Å². The van der Waals surface area contributed by atoms with Crippen LogP contribution in [0.5, 0.6) is 0 Å². The van der Waals surface area contributed by atoms with Crippen LogP contribution in [-0.4, -0.2) is 42.2 Å². The first-order chi connectivity index (χ1) is 13.2. The fraction of sp³-hybridized carbons (Fsp3) is 0.250. The SMILES string of the molecule is O=C(NCc1nc2ccccc2c(=O)[nH]1)c1ccccc1N1CCOCC1. The number of anilines is 1. The highest BCUT2D eigenvalue weighted by molar-refractivity contribution is 5.99. The molecule has 0 unspecified atom stereocenters. The minimum atomic E-state index is -0.210. The summed E-state index contributed by atoms with van der Waals surface area (Å²) < 4.78 is 5.39. The topological polar surface area (TPSA) is 87.3 Å². The van der Waals surface area contributed by atoms with Gasteiger partial charge in [0.2, 0.25) is 0 Å². The number of rotatable bonds is 4. The van der Waals surface area contributed by atoms with Crippen LogP contribution in [0.3, 0.4) is 0 Å². The monoisotopic (exact) mass is 364 g/mol. The summed E-state index contributed by atoms with van der Waals surface area (Å²) >= 11 is 0. The summed E-state index contributed by atoms with van der Waals surface area (Å²) in [7, 11) is 0. The van der Waals surface area contributed by atoms with Gasteiger partial charge in [-0.2, -0.15) is 0 Å². The third kappa shape index (κ3) is 3.68. The van der Waals surface area contributed by atoms with Crippen LogP contribution in [0, 0.1) is 0 Å². The van der Waals surface area contributed by atoms with Crippen molar-refractivity contribution < 1.29 is 9.53 Å². The molecule has 2 heterocycles. The van der Waals surface area contributed by atoms with E-state index < -0.39 is 0 Å².